The average molecular weight is 395 g/mol. The summed E-state index contributed by atoms with van der Waals surface area (Å²) in [5.41, 5.74) is 1.90. The Labute approximate surface area is 173 Å². The monoisotopic (exact) mass is 394 g/mol. The van der Waals surface area contributed by atoms with Crippen LogP contribution < -0.4 is 10.1 Å². The summed E-state index contributed by atoms with van der Waals surface area (Å²) in [4.78, 5) is 26.8. The Bertz CT molecular complexity index is 799. The molecule has 154 valence electrons. The van der Waals surface area contributed by atoms with Gasteiger partial charge in [-0.3, -0.25) is 9.59 Å². The van der Waals surface area contributed by atoms with E-state index in [-0.39, 0.29) is 11.8 Å². The molecule has 29 heavy (non-hydrogen) atoms. The van der Waals surface area contributed by atoms with Gasteiger partial charge in [0.25, 0.3) is 5.91 Å². The van der Waals surface area contributed by atoms with Gasteiger partial charge in [0, 0.05) is 26.1 Å². The highest BCUT2D eigenvalue weighted by atomic mass is 16.5. The van der Waals surface area contributed by atoms with Gasteiger partial charge in [-0.25, -0.2) is 0 Å². The van der Waals surface area contributed by atoms with Crippen molar-refractivity contribution in [2.24, 2.45) is 0 Å². The predicted molar refractivity (Wildman–Crippen MR) is 114 cm³/mol. The smallest absolute Gasteiger partial charge is 0.255 e. The van der Waals surface area contributed by atoms with Crippen molar-refractivity contribution in [1.29, 1.82) is 0 Å². The molecule has 1 aliphatic heterocycles. The molecule has 0 aromatic heterocycles. The van der Waals surface area contributed by atoms with Crippen LogP contribution in [0.5, 0.6) is 5.75 Å². The van der Waals surface area contributed by atoms with E-state index in [0.717, 1.165) is 25.9 Å². The highest BCUT2D eigenvalue weighted by molar-refractivity contribution is 5.96. The van der Waals surface area contributed by atoms with E-state index in [9.17, 15) is 9.59 Å². The molecule has 2 aromatic rings. The van der Waals surface area contributed by atoms with Crippen molar-refractivity contribution in [1.82, 2.24) is 10.2 Å². The first-order valence-electron chi connectivity index (χ1n) is 10.5. The van der Waals surface area contributed by atoms with Crippen molar-refractivity contribution in [2.75, 3.05) is 26.2 Å². The summed E-state index contributed by atoms with van der Waals surface area (Å²) in [6.45, 7) is 4.51. The lowest BCUT2D eigenvalue weighted by molar-refractivity contribution is -0.132. The maximum Gasteiger partial charge on any atom is 0.255 e. The Kier molecular flexibility index (Phi) is 7.68. The van der Waals surface area contributed by atoms with E-state index >= 15 is 0 Å². The van der Waals surface area contributed by atoms with Crippen LogP contribution in [0.15, 0.2) is 54.6 Å². The van der Waals surface area contributed by atoms with E-state index in [2.05, 4.69) is 29.6 Å². The summed E-state index contributed by atoms with van der Waals surface area (Å²) < 4.78 is 5.50. The minimum atomic E-state index is -0.162. The second-order valence-electron chi connectivity index (χ2n) is 7.35. The molecule has 2 amide bonds. The van der Waals surface area contributed by atoms with Crippen molar-refractivity contribution in [3.63, 3.8) is 0 Å². The van der Waals surface area contributed by atoms with Crippen molar-refractivity contribution >= 4 is 11.8 Å². The van der Waals surface area contributed by atoms with Gasteiger partial charge in [-0.05, 0) is 49.8 Å². The van der Waals surface area contributed by atoms with Gasteiger partial charge in [-0.15, -0.1) is 0 Å². The second-order valence-corrected chi connectivity index (χ2v) is 7.35. The first kappa shape index (κ1) is 20.9. The normalized spacial score (nSPS) is 14.4. The van der Waals surface area contributed by atoms with Gasteiger partial charge in [0.05, 0.1) is 12.2 Å². The molecule has 0 saturated carbocycles. The van der Waals surface area contributed by atoms with Gasteiger partial charge < -0.3 is 15.0 Å². The second kappa shape index (κ2) is 10.6. The van der Waals surface area contributed by atoms with E-state index in [4.69, 9.17) is 4.74 Å². The summed E-state index contributed by atoms with van der Waals surface area (Å²) in [6, 6.07) is 17.8. The third kappa shape index (κ3) is 5.83. The van der Waals surface area contributed by atoms with Gasteiger partial charge in [0.1, 0.15) is 5.75 Å². The van der Waals surface area contributed by atoms with Crippen LogP contribution in [-0.4, -0.2) is 43.0 Å². The Morgan fingerprint density at radius 3 is 2.45 bits per heavy atom. The number of ether oxygens (including phenoxy) is 1. The molecule has 1 N–H and O–H groups in total. The number of nitrogens with one attached hydrogen (secondary N) is 1. The van der Waals surface area contributed by atoms with Gasteiger partial charge >= 0.3 is 0 Å². The van der Waals surface area contributed by atoms with Crippen LogP contribution in [-0.2, 0) is 4.79 Å². The summed E-state index contributed by atoms with van der Waals surface area (Å²) in [5, 5.41) is 2.89. The van der Waals surface area contributed by atoms with Crippen LogP contribution >= 0.6 is 0 Å². The number of carbonyl (C=O) groups excluding carboxylic acids is 2. The van der Waals surface area contributed by atoms with Crippen molar-refractivity contribution < 1.29 is 14.3 Å². The van der Waals surface area contributed by atoms with Crippen LogP contribution in [0.25, 0.3) is 0 Å². The molecule has 1 saturated heterocycles. The molecule has 0 aliphatic carbocycles. The van der Waals surface area contributed by atoms with E-state index in [1.165, 1.54) is 5.56 Å². The van der Waals surface area contributed by atoms with E-state index in [1.54, 1.807) is 12.1 Å². The Hall–Kier alpha value is -2.82. The number of nitrogens with zero attached hydrogens (tertiary/aromatic N) is 1. The fourth-order valence-electron chi connectivity index (χ4n) is 3.82. The fraction of sp³-hybridized carbons (Fsp3) is 0.417. The van der Waals surface area contributed by atoms with Gasteiger partial charge in [0.15, 0.2) is 0 Å². The first-order valence-corrected chi connectivity index (χ1v) is 10.5. The van der Waals surface area contributed by atoms with Crippen LogP contribution in [0.2, 0.25) is 0 Å². The number of rotatable bonds is 8. The molecular weight excluding hydrogens is 364 g/mol. The molecule has 0 radical (unpaired) electrons. The van der Waals surface area contributed by atoms with E-state index < -0.39 is 0 Å². The minimum absolute atomic E-state index is 0.162. The topological polar surface area (TPSA) is 58.6 Å². The Balaban J connectivity index is 1.38. The number of hydrogen-bond donors (Lipinski definition) is 1. The zero-order valence-corrected chi connectivity index (χ0v) is 17.1. The van der Waals surface area contributed by atoms with Crippen molar-refractivity contribution in [2.45, 2.75) is 38.5 Å². The van der Waals surface area contributed by atoms with Crippen molar-refractivity contribution in [3.05, 3.63) is 65.7 Å². The highest BCUT2D eigenvalue weighted by Crippen LogP contribution is 2.28. The molecule has 1 fully saturated rings. The van der Waals surface area contributed by atoms with E-state index in [1.807, 2.05) is 30.0 Å². The summed E-state index contributed by atoms with van der Waals surface area (Å²) in [5.74, 6) is 1.15. The number of para-hydroxylation sites is 1. The molecule has 5 nitrogen and oxygen atoms in total. The standard InChI is InChI=1S/C24H30N2O3/c1-2-29-22-12-7-6-11-21(22)24(28)25-16-8-13-23(27)26-17-14-20(15-18-26)19-9-4-3-5-10-19/h3-7,9-12,20H,2,8,13-18H2,1H3,(H,25,28). The minimum Gasteiger partial charge on any atom is -0.493 e. The number of benzene rings is 2. The van der Waals surface area contributed by atoms with Crippen molar-refractivity contribution in [3.8, 4) is 5.75 Å². The van der Waals surface area contributed by atoms with Crippen LogP contribution in [0.4, 0.5) is 0 Å². The summed E-state index contributed by atoms with van der Waals surface area (Å²) in [7, 11) is 0. The molecular formula is C24H30N2O3. The zero-order valence-electron chi connectivity index (χ0n) is 17.1. The van der Waals surface area contributed by atoms with Gasteiger partial charge in [-0.1, -0.05) is 42.5 Å². The maximum atomic E-state index is 12.5. The highest BCUT2D eigenvalue weighted by Gasteiger charge is 2.23. The molecule has 0 atom stereocenters. The SMILES string of the molecule is CCOc1ccccc1C(=O)NCCCC(=O)N1CCC(c2ccccc2)CC1. The summed E-state index contributed by atoms with van der Waals surface area (Å²) in [6.07, 6.45) is 3.13. The predicted octanol–water partition coefficient (Wildman–Crippen LogP) is 4.00. The summed E-state index contributed by atoms with van der Waals surface area (Å²) >= 11 is 0. The van der Waals surface area contributed by atoms with Gasteiger partial charge in [0.2, 0.25) is 5.91 Å². The molecule has 0 unspecified atom stereocenters. The van der Waals surface area contributed by atoms with Crippen LogP contribution in [0, 0.1) is 0 Å². The molecule has 0 spiro atoms. The Morgan fingerprint density at radius 2 is 1.72 bits per heavy atom. The molecule has 1 heterocycles. The van der Waals surface area contributed by atoms with Gasteiger partial charge in [-0.2, -0.15) is 0 Å². The first-order chi connectivity index (χ1) is 14.2. The van der Waals surface area contributed by atoms with E-state index in [0.29, 0.717) is 43.2 Å². The number of piperidine rings is 1. The Morgan fingerprint density at radius 1 is 1.03 bits per heavy atom. The largest absolute Gasteiger partial charge is 0.493 e. The fourth-order valence-corrected chi connectivity index (χ4v) is 3.82. The molecule has 5 heteroatoms. The molecule has 3 rings (SSSR count). The number of hydrogen-bond acceptors (Lipinski definition) is 3. The zero-order chi connectivity index (χ0) is 20.5. The van der Waals surface area contributed by atoms with Crippen LogP contribution in [0.3, 0.4) is 0 Å². The lowest BCUT2D eigenvalue weighted by Gasteiger charge is -2.32. The third-order valence-corrected chi connectivity index (χ3v) is 5.40. The lowest BCUT2D eigenvalue weighted by atomic mass is 9.89. The van der Waals surface area contributed by atoms with Crippen LogP contribution in [0.1, 0.15) is 54.4 Å². The number of carbonyl (C=O) groups is 2. The quantitative estimate of drug-likeness (QED) is 0.689. The molecule has 1 aliphatic rings. The number of amides is 2. The lowest BCUT2D eigenvalue weighted by Crippen LogP contribution is -2.38. The third-order valence-electron chi connectivity index (χ3n) is 5.40. The maximum absolute atomic E-state index is 12.5. The average Bonchev–Trinajstić information content (AvgIpc) is 2.78. The molecule has 0 bridgehead atoms. The number of likely N-dealkylation sites (tertiary alicyclic amines) is 1. The molecule has 2 aromatic carbocycles.